The number of aromatic nitrogens is 1. The fourth-order valence-corrected chi connectivity index (χ4v) is 2.61. The van der Waals surface area contributed by atoms with Crippen molar-refractivity contribution < 1.29 is 9.90 Å². The summed E-state index contributed by atoms with van der Waals surface area (Å²) in [5, 5.41) is 11.7. The Morgan fingerprint density at radius 3 is 3.00 bits per heavy atom. The first kappa shape index (κ1) is 14.5. The summed E-state index contributed by atoms with van der Waals surface area (Å²) in [7, 11) is 0. The van der Waals surface area contributed by atoms with Crippen LogP contribution in [0, 0.1) is 17.8 Å². The van der Waals surface area contributed by atoms with E-state index in [1.54, 1.807) is 18.5 Å². The number of nitrogens with zero attached hydrogens (tertiary/aromatic N) is 1. The van der Waals surface area contributed by atoms with Gasteiger partial charge in [-0.25, -0.2) is 0 Å². The van der Waals surface area contributed by atoms with Crippen LogP contribution in [0.25, 0.3) is 0 Å². The van der Waals surface area contributed by atoms with Gasteiger partial charge in [0.05, 0.1) is 11.1 Å². The number of hydrogen-bond donors (Lipinski definition) is 2. The molecule has 1 fully saturated rings. The van der Waals surface area contributed by atoms with E-state index in [4.69, 9.17) is 5.11 Å². The number of aliphatic hydroxyl groups is 1. The van der Waals surface area contributed by atoms with E-state index < -0.39 is 0 Å². The number of nitrogens with one attached hydrogen (secondary N) is 1. The SMILES string of the molecule is O=C(NCCC1CCCC1)c1ccncc1C#CCO. The van der Waals surface area contributed by atoms with E-state index in [9.17, 15) is 4.79 Å². The lowest BCUT2D eigenvalue weighted by Gasteiger charge is -2.10. The summed E-state index contributed by atoms with van der Waals surface area (Å²) in [5.41, 5.74) is 1.08. The molecular formula is C16H20N2O2. The summed E-state index contributed by atoms with van der Waals surface area (Å²) < 4.78 is 0. The van der Waals surface area contributed by atoms with Gasteiger partial charge in [0.1, 0.15) is 6.61 Å². The van der Waals surface area contributed by atoms with Gasteiger partial charge in [0, 0.05) is 18.9 Å². The van der Waals surface area contributed by atoms with Crippen molar-refractivity contribution in [2.75, 3.05) is 13.2 Å². The van der Waals surface area contributed by atoms with E-state index >= 15 is 0 Å². The fourth-order valence-electron chi connectivity index (χ4n) is 2.61. The van der Waals surface area contributed by atoms with Gasteiger partial charge in [0.25, 0.3) is 5.91 Å². The van der Waals surface area contributed by atoms with Gasteiger partial charge >= 0.3 is 0 Å². The maximum absolute atomic E-state index is 12.1. The molecule has 0 atom stereocenters. The quantitative estimate of drug-likeness (QED) is 0.821. The summed E-state index contributed by atoms with van der Waals surface area (Å²) in [6.07, 6.45) is 9.41. The average molecular weight is 272 g/mol. The molecule has 0 bridgehead atoms. The van der Waals surface area contributed by atoms with Gasteiger partial charge in [-0.2, -0.15) is 0 Å². The minimum atomic E-state index is -0.225. The minimum Gasteiger partial charge on any atom is -0.384 e. The first-order chi connectivity index (χ1) is 9.81. The molecule has 106 valence electrons. The van der Waals surface area contributed by atoms with Crippen LogP contribution in [-0.2, 0) is 0 Å². The Hall–Kier alpha value is -1.86. The molecule has 1 aromatic rings. The maximum Gasteiger partial charge on any atom is 0.252 e. The molecule has 4 heteroatoms. The third-order valence-corrected chi connectivity index (χ3v) is 3.68. The number of carbonyl (C=O) groups excluding carboxylic acids is 1. The predicted molar refractivity (Wildman–Crippen MR) is 77.1 cm³/mol. The first-order valence-corrected chi connectivity index (χ1v) is 7.13. The van der Waals surface area contributed by atoms with Crippen LogP contribution in [0.3, 0.4) is 0 Å². The number of carbonyl (C=O) groups is 1. The molecule has 0 aliphatic heterocycles. The highest BCUT2D eigenvalue weighted by Crippen LogP contribution is 2.26. The second-order valence-corrected chi connectivity index (χ2v) is 5.08. The smallest absolute Gasteiger partial charge is 0.252 e. The van der Waals surface area contributed by atoms with Gasteiger partial charge in [0.15, 0.2) is 0 Å². The third-order valence-electron chi connectivity index (χ3n) is 3.68. The van der Waals surface area contributed by atoms with Crippen molar-refractivity contribution in [1.82, 2.24) is 10.3 Å². The van der Waals surface area contributed by atoms with Crippen molar-refractivity contribution in [3.8, 4) is 11.8 Å². The highest BCUT2D eigenvalue weighted by atomic mass is 16.2. The van der Waals surface area contributed by atoms with Crippen molar-refractivity contribution in [2.45, 2.75) is 32.1 Å². The number of pyridine rings is 1. The van der Waals surface area contributed by atoms with Gasteiger partial charge < -0.3 is 10.4 Å². The Balaban J connectivity index is 1.91. The zero-order valence-electron chi connectivity index (χ0n) is 11.6. The number of aliphatic hydroxyl groups excluding tert-OH is 1. The largest absolute Gasteiger partial charge is 0.384 e. The van der Waals surface area contributed by atoms with E-state index in [-0.39, 0.29) is 12.5 Å². The van der Waals surface area contributed by atoms with Crippen LogP contribution in [0.5, 0.6) is 0 Å². The Bertz CT molecular complexity index is 511. The van der Waals surface area contributed by atoms with Crippen molar-refractivity contribution in [2.24, 2.45) is 5.92 Å². The molecule has 1 aliphatic rings. The molecule has 2 N–H and O–H groups in total. The Labute approximate surface area is 119 Å². The molecule has 0 radical (unpaired) electrons. The molecule has 0 unspecified atom stereocenters. The van der Waals surface area contributed by atoms with Crippen molar-refractivity contribution in [3.63, 3.8) is 0 Å². The van der Waals surface area contributed by atoms with Crippen LogP contribution < -0.4 is 5.32 Å². The van der Waals surface area contributed by atoms with E-state index in [0.29, 0.717) is 17.7 Å². The predicted octanol–water partition coefficient (Wildman–Crippen LogP) is 1.74. The standard InChI is InChI=1S/C16H20N2O2/c19-11-3-6-14-12-17-9-8-15(14)16(20)18-10-7-13-4-1-2-5-13/h8-9,12-13,19H,1-2,4-5,7,10-11H2,(H,18,20). The summed E-state index contributed by atoms with van der Waals surface area (Å²) in [4.78, 5) is 16.1. The van der Waals surface area contributed by atoms with Gasteiger partial charge in [-0.05, 0) is 18.4 Å². The third kappa shape index (κ3) is 4.07. The zero-order chi connectivity index (χ0) is 14.2. The van der Waals surface area contributed by atoms with Crippen LogP contribution >= 0.6 is 0 Å². The molecule has 20 heavy (non-hydrogen) atoms. The lowest BCUT2D eigenvalue weighted by molar-refractivity contribution is 0.0951. The van der Waals surface area contributed by atoms with Gasteiger partial charge in [-0.15, -0.1) is 0 Å². The van der Waals surface area contributed by atoms with Crippen LogP contribution in [0.2, 0.25) is 0 Å². The maximum atomic E-state index is 12.1. The highest BCUT2D eigenvalue weighted by molar-refractivity contribution is 5.96. The summed E-state index contributed by atoms with van der Waals surface area (Å²) >= 11 is 0. The molecule has 1 aliphatic carbocycles. The summed E-state index contributed by atoms with van der Waals surface area (Å²) in [6.45, 7) is 0.482. The lowest BCUT2D eigenvalue weighted by atomic mass is 10.0. The Kier molecular flexibility index (Phi) is 5.57. The van der Waals surface area contributed by atoms with Crippen molar-refractivity contribution in [3.05, 3.63) is 29.6 Å². The zero-order valence-corrected chi connectivity index (χ0v) is 11.6. The van der Waals surface area contributed by atoms with Crippen LogP contribution in [0.4, 0.5) is 0 Å². The van der Waals surface area contributed by atoms with Gasteiger partial charge in [-0.3, -0.25) is 9.78 Å². The number of hydrogen-bond acceptors (Lipinski definition) is 3. The van der Waals surface area contributed by atoms with Gasteiger partial charge in [0.2, 0.25) is 0 Å². The fraction of sp³-hybridized carbons (Fsp3) is 0.500. The Morgan fingerprint density at radius 2 is 2.25 bits per heavy atom. The molecule has 2 rings (SSSR count). The molecule has 1 saturated carbocycles. The second-order valence-electron chi connectivity index (χ2n) is 5.08. The second kappa shape index (κ2) is 7.66. The number of amides is 1. The normalized spacial score (nSPS) is 14.7. The lowest BCUT2D eigenvalue weighted by Crippen LogP contribution is -2.26. The average Bonchev–Trinajstić information content (AvgIpc) is 2.98. The van der Waals surface area contributed by atoms with E-state index in [0.717, 1.165) is 12.3 Å². The minimum absolute atomic E-state index is 0.118. The molecule has 0 saturated heterocycles. The van der Waals surface area contributed by atoms with E-state index in [2.05, 4.69) is 22.1 Å². The molecule has 4 nitrogen and oxygen atoms in total. The van der Waals surface area contributed by atoms with E-state index in [1.165, 1.54) is 25.7 Å². The van der Waals surface area contributed by atoms with Crippen LogP contribution in [0.15, 0.2) is 18.5 Å². The molecule has 0 aromatic carbocycles. The molecular weight excluding hydrogens is 252 g/mol. The first-order valence-electron chi connectivity index (χ1n) is 7.13. The van der Waals surface area contributed by atoms with Crippen molar-refractivity contribution in [1.29, 1.82) is 0 Å². The summed E-state index contributed by atoms with van der Waals surface area (Å²) in [6, 6.07) is 1.66. The van der Waals surface area contributed by atoms with Crippen LogP contribution in [0.1, 0.15) is 48.0 Å². The van der Waals surface area contributed by atoms with Gasteiger partial charge in [-0.1, -0.05) is 37.5 Å². The highest BCUT2D eigenvalue weighted by Gasteiger charge is 2.15. The molecule has 1 amide bonds. The van der Waals surface area contributed by atoms with E-state index in [1.807, 2.05) is 0 Å². The molecule has 0 spiro atoms. The van der Waals surface area contributed by atoms with Crippen LogP contribution in [-0.4, -0.2) is 29.1 Å². The molecule has 1 heterocycles. The molecule has 1 aromatic heterocycles. The van der Waals surface area contributed by atoms with Crippen molar-refractivity contribution >= 4 is 5.91 Å². The monoisotopic (exact) mass is 272 g/mol. The number of rotatable bonds is 4. The Morgan fingerprint density at radius 1 is 1.45 bits per heavy atom. The topological polar surface area (TPSA) is 62.2 Å². The summed E-state index contributed by atoms with van der Waals surface area (Å²) in [5.74, 6) is 5.95.